The van der Waals surface area contributed by atoms with Crippen LogP contribution >= 0.6 is 0 Å². The highest BCUT2D eigenvalue weighted by Gasteiger charge is 2.51. The molecule has 0 spiro atoms. The molecule has 1 aliphatic rings. The van der Waals surface area contributed by atoms with Gasteiger partial charge in [0.1, 0.15) is 23.5 Å². The number of nitriles is 1. The fraction of sp³-hybridized carbons (Fsp3) is 0.381. The van der Waals surface area contributed by atoms with Crippen molar-refractivity contribution in [3.05, 3.63) is 52.8 Å². The Labute approximate surface area is 195 Å². The van der Waals surface area contributed by atoms with Crippen LogP contribution in [-0.2, 0) is 27.2 Å². The third kappa shape index (κ3) is 4.94. The molecule has 0 heterocycles. The van der Waals surface area contributed by atoms with E-state index in [0.29, 0.717) is 6.07 Å². The van der Waals surface area contributed by atoms with E-state index < -0.39 is 66.0 Å². The molecule has 0 saturated heterocycles. The van der Waals surface area contributed by atoms with Crippen LogP contribution < -0.4 is 9.46 Å². The van der Waals surface area contributed by atoms with Gasteiger partial charge in [-0.1, -0.05) is 0 Å². The molecule has 13 heteroatoms. The van der Waals surface area contributed by atoms with Crippen molar-refractivity contribution < 1.29 is 39.3 Å². The Morgan fingerprint density at radius 1 is 1.18 bits per heavy atom. The first kappa shape index (κ1) is 26.1. The van der Waals surface area contributed by atoms with Crippen molar-refractivity contribution in [2.45, 2.75) is 54.6 Å². The average Bonchev–Trinajstić information content (AvgIpc) is 3.02. The molecule has 0 amide bonds. The third-order valence-electron chi connectivity index (χ3n) is 4.96. The highest BCUT2D eigenvalue weighted by Crippen LogP contribution is 2.46. The molecular formula is C21H19F5N2O4S2. The molecule has 0 saturated carbocycles. The standard InChI is InChI=1S/C21H19F5N2O4S2/c1-20(2,3)33(29)28-19-15(23)9-14-16(32-13-7-11(10-27)6-12(22)8-13)4-5-17(18(14)19)34(30,31)21(24,25)26/h4-8,15,19,28H,9H2,1-3H3/t15?,19?,33-/m0/s1. The summed E-state index contributed by atoms with van der Waals surface area (Å²) in [6, 6.07) is 4.58. The lowest BCUT2D eigenvalue weighted by Gasteiger charge is -2.25. The lowest BCUT2D eigenvalue weighted by Crippen LogP contribution is -2.38. The van der Waals surface area contributed by atoms with Gasteiger partial charge in [0.15, 0.2) is 0 Å². The minimum absolute atomic E-state index is 0.105. The predicted octanol–water partition coefficient (Wildman–Crippen LogP) is 4.77. The second kappa shape index (κ2) is 8.90. The van der Waals surface area contributed by atoms with Crippen molar-refractivity contribution in [1.82, 2.24) is 4.72 Å². The molecule has 0 aliphatic heterocycles. The summed E-state index contributed by atoms with van der Waals surface area (Å²) >= 11 is 0. The van der Waals surface area contributed by atoms with Gasteiger partial charge in [-0.05, 0) is 50.6 Å². The number of rotatable bonds is 5. The quantitative estimate of drug-likeness (QED) is 0.571. The minimum Gasteiger partial charge on any atom is -0.457 e. The molecule has 2 aromatic rings. The van der Waals surface area contributed by atoms with Crippen LogP contribution in [0.15, 0.2) is 35.2 Å². The third-order valence-corrected chi connectivity index (χ3v) is 8.08. The number of nitrogens with one attached hydrogen (secondary N) is 1. The van der Waals surface area contributed by atoms with Crippen molar-refractivity contribution in [1.29, 1.82) is 5.26 Å². The normalized spacial score (nSPS) is 19.4. The van der Waals surface area contributed by atoms with Gasteiger partial charge in [-0.3, -0.25) is 0 Å². The molecule has 2 aromatic carbocycles. The number of fused-ring (bicyclic) bond motifs is 1. The zero-order chi connectivity index (χ0) is 25.6. The largest absolute Gasteiger partial charge is 0.501 e. The van der Waals surface area contributed by atoms with E-state index in [4.69, 9.17) is 10.00 Å². The fourth-order valence-corrected chi connectivity index (χ4v) is 5.25. The van der Waals surface area contributed by atoms with Crippen LogP contribution in [0.1, 0.15) is 43.5 Å². The SMILES string of the molecule is CC(C)(C)[S@](=O)NC1c2c(S(=O)(=O)C(F)(F)F)ccc(Oc3cc(F)cc(C#N)c3)c2CC1F. The molecule has 6 nitrogen and oxygen atoms in total. The van der Waals surface area contributed by atoms with Crippen LogP contribution in [0.25, 0.3) is 0 Å². The number of halogens is 5. The van der Waals surface area contributed by atoms with E-state index in [1.54, 1.807) is 26.8 Å². The number of benzene rings is 2. The smallest absolute Gasteiger partial charge is 0.457 e. The Morgan fingerprint density at radius 3 is 2.38 bits per heavy atom. The molecule has 1 N–H and O–H groups in total. The number of sulfone groups is 1. The summed E-state index contributed by atoms with van der Waals surface area (Å²) in [6.07, 6.45) is -2.49. The molecular weight excluding hydrogens is 503 g/mol. The fourth-order valence-electron chi connectivity index (χ4n) is 3.36. The topological polar surface area (TPSA) is 96.3 Å². The van der Waals surface area contributed by atoms with E-state index in [2.05, 4.69) is 4.72 Å². The van der Waals surface area contributed by atoms with Crippen LogP contribution in [0.5, 0.6) is 11.5 Å². The Morgan fingerprint density at radius 2 is 1.82 bits per heavy atom. The van der Waals surface area contributed by atoms with Crippen LogP contribution in [-0.4, -0.2) is 29.1 Å². The minimum atomic E-state index is -5.90. The van der Waals surface area contributed by atoms with Gasteiger partial charge in [0.25, 0.3) is 9.84 Å². The Balaban J connectivity index is 2.20. The van der Waals surface area contributed by atoms with Crippen LogP contribution in [0.3, 0.4) is 0 Å². The predicted molar refractivity (Wildman–Crippen MR) is 113 cm³/mol. The lowest BCUT2D eigenvalue weighted by molar-refractivity contribution is -0.0436. The summed E-state index contributed by atoms with van der Waals surface area (Å²) in [4.78, 5) is -1.19. The second-order valence-corrected chi connectivity index (χ2v) is 12.4. The summed E-state index contributed by atoms with van der Waals surface area (Å²) < 4.78 is 113. The maximum absolute atomic E-state index is 15.1. The van der Waals surface area contributed by atoms with Crippen LogP contribution in [0.2, 0.25) is 0 Å². The van der Waals surface area contributed by atoms with Crippen LogP contribution in [0, 0.1) is 17.1 Å². The molecule has 0 fully saturated rings. The molecule has 0 aromatic heterocycles. The second-order valence-electron chi connectivity index (χ2n) is 8.49. The summed E-state index contributed by atoms with van der Waals surface area (Å²) in [5.41, 5.74) is -6.54. The first-order valence-corrected chi connectivity index (χ1v) is 12.4. The van der Waals surface area contributed by atoms with Crippen molar-refractivity contribution in [3.8, 4) is 17.6 Å². The van der Waals surface area contributed by atoms with Crippen LogP contribution in [0.4, 0.5) is 22.0 Å². The summed E-state index contributed by atoms with van der Waals surface area (Å²) in [5.74, 6) is -1.25. The Bertz CT molecular complexity index is 1300. The van der Waals surface area contributed by atoms with E-state index in [0.717, 1.165) is 24.3 Å². The van der Waals surface area contributed by atoms with Gasteiger partial charge in [0.2, 0.25) is 0 Å². The van der Waals surface area contributed by atoms with Gasteiger partial charge in [0, 0.05) is 18.1 Å². The molecule has 34 heavy (non-hydrogen) atoms. The zero-order valence-electron chi connectivity index (χ0n) is 18.0. The number of nitrogens with zero attached hydrogens (tertiary/aromatic N) is 1. The summed E-state index contributed by atoms with van der Waals surface area (Å²) in [5, 5.41) is 9.00. The van der Waals surface area contributed by atoms with Gasteiger partial charge < -0.3 is 4.74 Å². The van der Waals surface area contributed by atoms with Crippen molar-refractivity contribution >= 4 is 20.8 Å². The van der Waals surface area contributed by atoms with E-state index >= 15 is 4.39 Å². The lowest BCUT2D eigenvalue weighted by atomic mass is 10.1. The monoisotopic (exact) mass is 522 g/mol. The highest BCUT2D eigenvalue weighted by molar-refractivity contribution is 7.92. The van der Waals surface area contributed by atoms with Crippen molar-refractivity contribution in [2.75, 3.05) is 0 Å². The molecule has 0 radical (unpaired) electrons. The van der Waals surface area contributed by atoms with Crippen molar-refractivity contribution in [2.24, 2.45) is 0 Å². The number of hydrogen-bond acceptors (Lipinski definition) is 5. The molecule has 184 valence electrons. The molecule has 1 aliphatic carbocycles. The Kier molecular flexibility index (Phi) is 6.82. The van der Waals surface area contributed by atoms with Gasteiger partial charge in [-0.2, -0.15) is 18.4 Å². The highest BCUT2D eigenvalue weighted by atomic mass is 32.2. The van der Waals surface area contributed by atoms with E-state index in [-0.39, 0.29) is 22.6 Å². The molecule has 0 bridgehead atoms. The average molecular weight is 523 g/mol. The van der Waals surface area contributed by atoms with E-state index in [1.165, 1.54) is 0 Å². The van der Waals surface area contributed by atoms with Gasteiger partial charge in [0.05, 0.1) is 38.3 Å². The summed E-state index contributed by atoms with van der Waals surface area (Å²) in [6.45, 7) is 4.63. The van der Waals surface area contributed by atoms with Crippen molar-refractivity contribution in [3.63, 3.8) is 0 Å². The molecule has 2 unspecified atom stereocenters. The number of hydrogen-bond donors (Lipinski definition) is 1. The number of ether oxygens (including phenoxy) is 1. The zero-order valence-corrected chi connectivity index (χ0v) is 19.7. The Hall–Kier alpha value is -2.56. The van der Waals surface area contributed by atoms with Gasteiger partial charge in [-0.15, -0.1) is 0 Å². The van der Waals surface area contributed by atoms with Gasteiger partial charge in [-0.25, -0.2) is 26.1 Å². The number of alkyl halides is 4. The summed E-state index contributed by atoms with van der Waals surface area (Å²) in [7, 11) is -7.86. The van der Waals surface area contributed by atoms with Gasteiger partial charge >= 0.3 is 5.51 Å². The molecule has 3 rings (SSSR count). The molecule has 3 atom stereocenters. The first-order valence-electron chi connectivity index (χ1n) is 9.74. The van der Waals surface area contributed by atoms with E-state index in [9.17, 15) is 30.2 Å². The maximum atomic E-state index is 15.1. The van der Waals surface area contributed by atoms with E-state index in [1.807, 2.05) is 0 Å². The first-order chi connectivity index (χ1) is 15.6. The maximum Gasteiger partial charge on any atom is 0.501 e.